The molecule has 0 bridgehead atoms. The van der Waals surface area contributed by atoms with Gasteiger partial charge in [0.2, 0.25) is 21.9 Å². The fraction of sp³-hybridized carbons (Fsp3) is 0.217. The van der Waals surface area contributed by atoms with E-state index in [9.17, 15) is 8.42 Å². The molecule has 2 aromatic carbocycles. The molecule has 0 fully saturated rings. The van der Waals surface area contributed by atoms with Gasteiger partial charge in [0, 0.05) is 17.9 Å². The number of rotatable bonds is 6. The molecule has 1 heterocycles. The molecular formula is C23H26ClN7O2S2. The molecule has 35 heavy (non-hydrogen) atoms. The molecule has 3 aromatic rings. The number of hydrogen-bond donors (Lipinski definition) is 4. The van der Waals surface area contributed by atoms with Crippen LogP contribution in [-0.2, 0) is 16.4 Å². The summed E-state index contributed by atoms with van der Waals surface area (Å²) >= 11 is 11.8. The van der Waals surface area contributed by atoms with Gasteiger partial charge in [-0.15, -0.1) is 0 Å². The van der Waals surface area contributed by atoms with Crippen molar-refractivity contribution in [2.45, 2.75) is 32.1 Å². The number of nitrogens with zero attached hydrogens (tertiary/aromatic N) is 3. The van der Waals surface area contributed by atoms with Crippen LogP contribution in [0, 0.1) is 20.8 Å². The number of nitrogens with one attached hydrogen (secondary N) is 3. The third-order valence-electron chi connectivity index (χ3n) is 4.74. The lowest BCUT2D eigenvalue weighted by molar-refractivity contribution is 0.598. The Balaban J connectivity index is 1.74. The second-order valence-electron chi connectivity index (χ2n) is 7.83. The van der Waals surface area contributed by atoms with Gasteiger partial charge in [-0.3, -0.25) is 10.3 Å². The van der Waals surface area contributed by atoms with Crippen molar-refractivity contribution in [3.05, 3.63) is 76.1 Å². The van der Waals surface area contributed by atoms with Gasteiger partial charge < -0.3 is 10.6 Å². The fourth-order valence-corrected chi connectivity index (χ4v) is 4.13. The lowest BCUT2D eigenvalue weighted by atomic mass is 10.1. The van der Waals surface area contributed by atoms with Crippen molar-refractivity contribution in [3.63, 3.8) is 0 Å². The topological polar surface area (TPSA) is 134 Å². The molecule has 0 saturated heterocycles. The van der Waals surface area contributed by atoms with Crippen LogP contribution in [0.15, 0.2) is 58.4 Å². The average Bonchev–Trinajstić information content (AvgIpc) is 2.74. The third kappa shape index (κ3) is 8.25. The van der Waals surface area contributed by atoms with Gasteiger partial charge in [-0.25, -0.2) is 23.5 Å². The Morgan fingerprint density at radius 3 is 2.29 bits per heavy atom. The van der Waals surface area contributed by atoms with Gasteiger partial charge in [-0.05, 0) is 80.9 Å². The number of aryl methyl sites for hydroxylation is 3. The molecule has 0 amide bonds. The molecule has 0 aliphatic carbocycles. The first kappa shape index (κ1) is 26.5. The first-order chi connectivity index (χ1) is 16.5. The zero-order valence-electron chi connectivity index (χ0n) is 19.5. The molecule has 5 N–H and O–H groups in total. The van der Waals surface area contributed by atoms with Crippen LogP contribution in [0.3, 0.4) is 0 Å². The first-order valence-electron chi connectivity index (χ1n) is 10.6. The normalized spacial score (nSPS) is 11.7. The highest BCUT2D eigenvalue weighted by molar-refractivity contribution is 7.89. The number of guanidine groups is 1. The Hall–Kier alpha value is -3.12. The second-order valence-corrected chi connectivity index (χ2v) is 10.2. The Kier molecular flexibility index (Phi) is 8.73. The van der Waals surface area contributed by atoms with Gasteiger partial charge in [-0.1, -0.05) is 29.8 Å². The van der Waals surface area contributed by atoms with Gasteiger partial charge in [0.15, 0.2) is 5.11 Å². The number of aromatic nitrogens is 2. The van der Waals surface area contributed by atoms with Gasteiger partial charge in [0.25, 0.3) is 0 Å². The average molecular weight is 532 g/mol. The number of primary sulfonamides is 1. The molecule has 0 saturated carbocycles. The SMILES string of the molecule is Cc1ccc(NC(=S)NC(=NCCc2ccc(S(N)(=O)=O)cc2)Nc2nc(C)cc(C)n2)c(Cl)c1. The first-order valence-corrected chi connectivity index (χ1v) is 12.9. The summed E-state index contributed by atoms with van der Waals surface area (Å²) in [7, 11) is -3.73. The van der Waals surface area contributed by atoms with Gasteiger partial charge in [0.1, 0.15) is 0 Å². The molecule has 184 valence electrons. The van der Waals surface area contributed by atoms with Crippen molar-refractivity contribution in [2.24, 2.45) is 10.1 Å². The van der Waals surface area contributed by atoms with E-state index in [2.05, 4.69) is 30.9 Å². The Morgan fingerprint density at radius 2 is 1.69 bits per heavy atom. The Labute approximate surface area is 215 Å². The van der Waals surface area contributed by atoms with Crippen molar-refractivity contribution in [1.82, 2.24) is 15.3 Å². The number of nitrogens with two attached hydrogens (primary N) is 1. The summed E-state index contributed by atoms with van der Waals surface area (Å²) in [5.74, 6) is 0.722. The number of anilines is 2. The minimum Gasteiger partial charge on any atom is -0.331 e. The molecule has 0 aliphatic rings. The molecule has 1 aromatic heterocycles. The van der Waals surface area contributed by atoms with E-state index >= 15 is 0 Å². The highest BCUT2D eigenvalue weighted by Gasteiger charge is 2.10. The van der Waals surface area contributed by atoms with E-state index in [1.165, 1.54) is 12.1 Å². The number of thiocarbonyl (C=S) groups is 1. The van der Waals surface area contributed by atoms with Gasteiger partial charge in [-0.2, -0.15) is 0 Å². The van der Waals surface area contributed by atoms with E-state index in [0.717, 1.165) is 22.5 Å². The number of benzene rings is 2. The predicted molar refractivity (Wildman–Crippen MR) is 144 cm³/mol. The van der Waals surface area contributed by atoms with Crippen LogP contribution in [-0.4, -0.2) is 36.0 Å². The van der Waals surface area contributed by atoms with Crippen molar-refractivity contribution in [1.29, 1.82) is 0 Å². The summed E-state index contributed by atoms with van der Waals surface area (Å²) in [5, 5.41) is 15.2. The summed E-state index contributed by atoms with van der Waals surface area (Å²) in [6.07, 6.45) is 0.551. The molecular weight excluding hydrogens is 506 g/mol. The monoisotopic (exact) mass is 531 g/mol. The molecule has 0 radical (unpaired) electrons. The summed E-state index contributed by atoms with van der Waals surface area (Å²) in [6.45, 7) is 6.08. The van der Waals surface area contributed by atoms with Crippen molar-refractivity contribution < 1.29 is 8.42 Å². The fourth-order valence-electron chi connectivity index (χ4n) is 3.12. The molecule has 3 rings (SSSR count). The van der Waals surface area contributed by atoms with E-state index in [1.54, 1.807) is 12.1 Å². The zero-order chi connectivity index (χ0) is 25.6. The van der Waals surface area contributed by atoms with Crippen molar-refractivity contribution in [2.75, 3.05) is 17.2 Å². The maximum atomic E-state index is 11.4. The molecule has 0 unspecified atom stereocenters. The lowest BCUT2D eigenvalue weighted by Gasteiger charge is -2.15. The van der Waals surface area contributed by atoms with E-state index in [0.29, 0.717) is 35.6 Å². The van der Waals surface area contributed by atoms with Crippen LogP contribution in [0.5, 0.6) is 0 Å². The van der Waals surface area contributed by atoms with E-state index in [-0.39, 0.29) is 10.0 Å². The molecule has 0 spiro atoms. The number of halogens is 1. The van der Waals surface area contributed by atoms with Gasteiger partial charge >= 0.3 is 0 Å². The Morgan fingerprint density at radius 1 is 1.03 bits per heavy atom. The zero-order valence-corrected chi connectivity index (χ0v) is 21.9. The van der Waals surface area contributed by atoms with Crippen LogP contribution in [0.4, 0.5) is 11.6 Å². The lowest BCUT2D eigenvalue weighted by Crippen LogP contribution is -2.39. The van der Waals surface area contributed by atoms with Crippen LogP contribution in [0.1, 0.15) is 22.5 Å². The van der Waals surface area contributed by atoms with E-state index in [4.69, 9.17) is 29.0 Å². The van der Waals surface area contributed by atoms with Crippen LogP contribution < -0.4 is 21.1 Å². The number of aliphatic imine (C=N–C) groups is 1. The summed E-state index contributed by atoms with van der Waals surface area (Å²) in [5.41, 5.74) is 4.21. The summed E-state index contributed by atoms with van der Waals surface area (Å²) in [4.78, 5) is 13.4. The Bertz CT molecular complexity index is 1340. The van der Waals surface area contributed by atoms with E-state index in [1.807, 2.05) is 45.0 Å². The smallest absolute Gasteiger partial charge is 0.238 e. The minimum atomic E-state index is -3.73. The second kappa shape index (κ2) is 11.5. The maximum Gasteiger partial charge on any atom is 0.238 e. The van der Waals surface area contributed by atoms with Crippen molar-refractivity contribution >= 4 is 56.5 Å². The maximum absolute atomic E-state index is 11.4. The molecule has 9 nitrogen and oxygen atoms in total. The molecule has 12 heteroatoms. The van der Waals surface area contributed by atoms with Crippen LogP contribution in [0.25, 0.3) is 0 Å². The highest BCUT2D eigenvalue weighted by Crippen LogP contribution is 2.22. The largest absolute Gasteiger partial charge is 0.331 e. The van der Waals surface area contributed by atoms with Crippen molar-refractivity contribution in [3.8, 4) is 0 Å². The number of sulfonamides is 1. The van der Waals surface area contributed by atoms with Crippen LogP contribution in [0.2, 0.25) is 5.02 Å². The molecule has 0 atom stereocenters. The number of hydrogen-bond acceptors (Lipinski definition) is 6. The van der Waals surface area contributed by atoms with Gasteiger partial charge in [0.05, 0.1) is 15.6 Å². The predicted octanol–water partition coefficient (Wildman–Crippen LogP) is 3.70. The van der Waals surface area contributed by atoms with E-state index < -0.39 is 10.0 Å². The summed E-state index contributed by atoms with van der Waals surface area (Å²) in [6, 6.07) is 13.8. The standard InChI is InChI=1S/C23H26ClN7O2S2/c1-14-4-9-20(19(24)12-14)29-23(34)31-21(30-22-27-15(2)13-16(3)28-22)26-11-10-17-5-7-18(8-6-17)35(25,32)33/h4-9,12-13H,10-11H2,1-3H3,(H2,25,32,33)(H3,26,27,28,29,30,31,34). The van der Waals surface area contributed by atoms with Crippen LogP contribution >= 0.6 is 23.8 Å². The highest BCUT2D eigenvalue weighted by atomic mass is 35.5. The minimum absolute atomic E-state index is 0.0620. The quantitative estimate of drug-likeness (QED) is 0.215. The third-order valence-corrected chi connectivity index (χ3v) is 6.19. The summed E-state index contributed by atoms with van der Waals surface area (Å²) < 4.78 is 22.9. The molecule has 0 aliphatic heterocycles.